The lowest BCUT2D eigenvalue weighted by atomic mass is 10.1. The Morgan fingerprint density at radius 2 is 2.24 bits per heavy atom. The Labute approximate surface area is 123 Å². The predicted molar refractivity (Wildman–Crippen MR) is 82.2 cm³/mol. The number of nitrogens with one attached hydrogen (secondary N) is 1. The zero-order chi connectivity index (χ0) is 15.2. The van der Waals surface area contributed by atoms with Crippen LogP contribution in [0.3, 0.4) is 0 Å². The summed E-state index contributed by atoms with van der Waals surface area (Å²) < 4.78 is 6.88. The lowest BCUT2D eigenvalue weighted by molar-refractivity contribution is 0.0527. The lowest BCUT2D eigenvalue weighted by Crippen LogP contribution is -2.13. The highest BCUT2D eigenvalue weighted by Crippen LogP contribution is 2.20. The molecule has 1 aromatic carbocycles. The molecule has 112 valence electrons. The molecule has 0 bridgehead atoms. The summed E-state index contributed by atoms with van der Waals surface area (Å²) in [4.78, 5) is 11.9. The highest BCUT2D eigenvalue weighted by Gasteiger charge is 2.13. The number of nitrogens with zero attached hydrogens (tertiary/aromatic N) is 2. The van der Waals surface area contributed by atoms with Crippen LogP contribution in [0, 0.1) is 0 Å². The highest BCUT2D eigenvalue weighted by atomic mass is 16.5. The number of hydrogen-bond donors (Lipinski definition) is 2. The van der Waals surface area contributed by atoms with Gasteiger partial charge in [0.05, 0.1) is 12.2 Å². The second kappa shape index (κ2) is 6.78. The number of benzene rings is 1. The summed E-state index contributed by atoms with van der Waals surface area (Å²) in [5.41, 5.74) is 8.58. The zero-order valence-electron chi connectivity index (χ0n) is 12.3. The molecule has 0 atom stereocenters. The number of anilines is 2. The van der Waals surface area contributed by atoms with Gasteiger partial charge in [-0.15, -0.1) is 0 Å². The van der Waals surface area contributed by atoms with Crippen molar-refractivity contribution in [3.05, 3.63) is 41.7 Å². The van der Waals surface area contributed by atoms with Crippen LogP contribution >= 0.6 is 0 Å². The number of ether oxygens (including phenoxy) is 1. The fourth-order valence-electron chi connectivity index (χ4n) is 2.07. The molecule has 0 saturated heterocycles. The third kappa shape index (κ3) is 3.75. The van der Waals surface area contributed by atoms with Gasteiger partial charge >= 0.3 is 5.97 Å². The maximum Gasteiger partial charge on any atom is 0.340 e. The molecule has 0 spiro atoms. The van der Waals surface area contributed by atoms with Crippen molar-refractivity contribution in [1.82, 2.24) is 9.78 Å². The third-order valence-electron chi connectivity index (χ3n) is 3.16. The largest absolute Gasteiger partial charge is 0.462 e. The van der Waals surface area contributed by atoms with Gasteiger partial charge < -0.3 is 15.8 Å². The summed E-state index contributed by atoms with van der Waals surface area (Å²) in [7, 11) is 1.91. The topological polar surface area (TPSA) is 82.2 Å². The van der Waals surface area contributed by atoms with Crippen molar-refractivity contribution < 1.29 is 9.53 Å². The summed E-state index contributed by atoms with van der Waals surface area (Å²) in [5, 5.41) is 7.37. The minimum Gasteiger partial charge on any atom is -0.462 e. The monoisotopic (exact) mass is 288 g/mol. The van der Waals surface area contributed by atoms with E-state index in [0.29, 0.717) is 24.4 Å². The van der Waals surface area contributed by atoms with Crippen LogP contribution in [0.25, 0.3) is 0 Å². The van der Waals surface area contributed by atoms with E-state index in [9.17, 15) is 4.79 Å². The molecular formula is C15H20N4O2. The molecule has 1 heterocycles. The number of carbonyl (C=O) groups is 1. The molecule has 0 radical (unpaired) electrons. The van der Waals surface area contributed by atoms with Crippen LogP contribution in [0.15, 0.2) is 30.5 Å². The fraction of sp³-hybridized carbons (Fsp3) is 0.333. The smallest absolute Gasteiger partial charge is 0.340 e. The molecule has 2 aromatic rings. The average Bonchev–Trinajstić information content (AvgIpc) is 2.86. The summed E-state index contributed by atoms with van der Waals surface area (Å²) in [5.74, 6) is -0.368. The fourth-order valence-corrected chi connectivity index (χ4v) is 2.07. The number of aromatic nitrogens is 2. The normalized spacial score (nSPS) is 10.4. The van der Waals surface area contributed by atoms with E-state index in [1.807, 2.05) is 17.8 Å². The molecule has 6 nitrogen and oxygen atoms in total. The first-order chi connectivity index (χ1) is 10.1. The molecule has 0 saturated carbocycles. The third-order valence-corrected chi connectivity index (χ3v) is 3.16. The molecule has 3 N–H and O–H groups in total. The van der Waals surface area contributed by atoms with Gasteiger partial charge in [0.1, 0.15) is 0 Å². The van der Waals surface area contributed by atoms with Gasteiger partial charge in [0.25, 0.3) is 0 Å². The van der Waals surface area contributed by atoms with Crippen molar-refractivity contribution in [2.75, 3.05) is 24.2 Å². The molecule has 0 aliphatic carbocycles. The molecule has 2 rings (SSSR count). The van der Waals surface area contributed by atoms with Crippen LogP contribution in [0.5, 0.6) is 0 Å². The van der Waals surface area contributed by atoms with E-state index in [0.717, 1.165) is 17.8 Å². The molecule has 0 amide bonds. The number of nitrogens with two attached hydrogens (primary N) is 1. The average molecular weight is 288 g/mol. The second-order valence-corrected chi connectivity index (χ2v) is 4.65. The van der Waals surface area contributed by atoms with E-state index >= 15 is 0 Å². The summed E-state index contributed by atoms with van der Waals surface area (Å²) in [6, 6.07) is 7.15. The van der Waals surface area contributed by atoms with Crippen molar-refractivity contribution in [1.29, 1.82) is 0 Å². The first kappa shape index (κ1) is 14.9. The van der Waals surface area contributed by atoms with Gasteiger partial charge in [0.15, 0.2) is 0 Å². The Balaban J connectivity index is 2.05. The van der Waals surface area contributed by atoms with E-state index in [1.165, 1.54) is 0 Å². The highest BCUT2D eigenvalue weighted by molar-refractivity contribution is 5.96. The molecule has 0 unspecified atom stereocenters. The molecule has 0 aliphatic heterocycles. The maximum absolute atomic E-state index is 11.9. The van der Waals surface area contributed by atoms with Crippen molar-refractivity contribution in [3.8, 4) is 0 Å². The number of hydrogen-bond acceptors (Lipinski definition) is 5. The van der Waals surface area contributed by atoms with Gasteiger partial charge in [-0.05, 0) is 31.2 Å². The molecule has 1 aromatic heterocycles. The van der Waals surface area contributed by atoms with Gasteiger partial charge in [-0.2, -0.15) is 5.10 Å². The van der Waals surface area contributed by atoms with Crippen LogP contribution in [0.1, 0.15) is 23.0 Å². The van der Waals surface area contributed by atoms with Crippen LogP contribution < -0.4 is 11.1 Å². The molecule has 0 fully saturated rings. The van der Waals surface area contributed by atoms with Gasteiger partial charge in [-0.25, -0.2) is 4.79 Å². The number of esters is 1. The molecule has 0 aliphatic rings. The van der Waals surface area contributed by atoms with E-state index in [2.05, 4.69) is 10.4 Å². The Morgan fingerprint density at radius 3 is 2.90 bits per heavy atom. The van der Waals surface area contributed by atoms with Crippen LogP contribution in [0.4, 0.5) is 11.4 Å². The quantitative estimate of drug-likeness (QED) is 0.626. The van der Waals surface area contributed by atoms with E-state index in [-0.39, 0.29) is 5.97 Å². The SMILES string of the molecule is CCOC(=O)c1cc(N)ccc1NCCc1ccnn1C. The van der Waals surface area contributed by atoms with Gasteiger partial charge in [-0.1, -0.05) is 0 Å². The van der Waals surface area contributed by atoms with E-state index in [4.69, 9.17) is 10.5 Å². The van der Waals surface area contributed by atoms with Crippen molar-refractivity contribution in [2.45, 2.75) is 13.3 Å². The summed E-state index contributed by atoms with van der Waals surface area (Å²) in [6.45, 7) is 2.80. The molecule has 21 heavy (non-hydrogen) atoms. The predicted octanol–water partition coefficient (Wildman–Crippen LogP) is 1.83. The van der Waals surface area contributed by atoms with E-state index < -0.39 is 0 Å². The summed E-state index contributed by atoms with van der Waals surface area (Å²) >= 11 is 0. The maximum atomic E-state index is 11.9. The first-order valence-electron chi connectivity index (χ1n) is 6.89. The lowest BCUT2D eigenvalue weighted by Gasteiger charge is -2.12. The van der Waals surface area contributed by atoms with E-state index in [1.54, 1.807) is 31.3 Å². The first-order valence-corrected chi connectivity index (χ1v) is 6.89. The minimum absolute atomic E-state index is 0.335. The Hall–Kier alpha value is -2.50. The summed E-state index contributed by atoms with van der Waals surface area (Å²) in [6.07, 6.45) is 2.58. The standard InChI is InChI=1S/C15H20N4O2/c1-3-21-15(20)13-10-11(16)4-5-14(13)17-8-6-12-7-9-18-19(12)2/h4-5,7,9-10,17H,3,6,8,16H2,1-2H3. The van der Waals surface area contributed by atoms with Gasteiger partial charge in [0.2, 0.25) is 0 Å². The van der Waals surface area contributed by atoms with Gasteiger partial charge in [0, 0.05) is 43.3 Å². The second-order valence-electron chi connectivity index (χ2n) is 4.65. The van der Waals surface area contributed by atoms with Crippen LogP contribution in [0.2, 0.25) is 0 Å². The zero-order valence-corrected chi connectivity index (χ0v) is 12.3. The number of rotatable bonds is 6. The van der Waals surface area contributed by atoms with Gasteiger partial charge in [-0.3, -0.25) is 4.68 Å². The molecule has 6 heteroatoms. The Morgan fingerprint density at radius 1 is 1.43 bits per heavy atom. The Kier molecular flexibility index (Phi) is 4.81. The van der Waals surface area contributed by atoms with Crippen molar-refractivity contribution in [3.63, 3.8) is 0 Å². The Bertz CT molecular complexity index is 622. The molecular weight excluding hydrogens is 268 g/mol. The number of carbonyl (C=O) groups excluding carboxylic acids is 1. The van der Waals surface area contributed by atoms with Crippen molar-refractivity contribution >= 4 is 17.3 Å². The van der Waals surface area contributed by atoms with Crippen LogP contribution in [-0.4, -0.2) is 28.9 Å². The number of nitrogen functional groups attached to an aromatic ring is 1. The van der Waals surface area contributed by atoms with Crippen molar-refractivity contribution in [2.24, 2.45) is 7.05 Å². The minimum atomic E-state index is -0.368. The number of aryl methyl sites for hydroxylation is 1. The van der Waals surface area contributed by atoms with Crippen LogP contribution in [-0.2, 0) is 18.2 Å².